The van der Waals surface area contributed by atoms with E-state index >= 15 is 0 Å². The molecule has 208 valence electrons. The summed E-state index contributed by atoms with van der Waals surface area (Å²) in [5.41, 5.74) is 7.94. The Hall–Kier alpha value is 0.0208. The molecule has 37 heavy (non-hydrogen) atoms. The Labute approximate surface area is 242 Å². The summed E-state index contributed by atoms with van der Waals surface area (Å²) < 4.78 is 10.0. The molecule has 0 radical (unpaired) electrons. The third-order valence-corrected chi connectivity index (χ3v) is 42.5. The molecule has 0 saturated carbocycles. The van der Waals surface area contributed by atoms with E-state index in [0.29, 0.717) is 2.79 Å². The molecule has 0 aliphatic heterocycles. The monoisotopic (exact) mass is 588 g/mol. The first-order valence-corrected chi connectivity index (χ1v) is 28.1. The van der Waals surface area contributed by atoms with Crippen LogP contribution in [0.5, 0.6) is 5.75 Å². The van der Waals surface area contributed by atoms with Gasteiger partial charge in [-0.1, -0.05) is 0 Å². The van der Waals surface area contributed by atoms with Crippen LogP contribution in [0.1, 0.15) is 66.5 Å². The molecule has 0 fully saturated rings. The number of ether oxygens (including phenoxy) is 1. The topological polar surface area (TPSA) is 9.23 Å². The van der Waals surface area contributed by atoms with Gasteiger partial charge in [-0.15, -0.1) is 0 Å². The van der Waals surface area contributed by atoms with Gasteiger partial charge < -0.3 is 0 Å². The van der Waals surface area contributed by atoms with Gasteiger partial charge in [0.1, 0.15) is 0 Å². The third-order valence-electron chi connectivity index (χ3n) is 9.29. The molecular formula is C32H59OScSi3. The number of allylic oxidation sites excluding steroid dienone is 4. The van der Waals surface area contributed by atoms with E-state index in [9.17, 15) is 0 Å². The van der Waals surface area contributed by atoms with Crippen molar-refractivity contribution in [2.24, 2.45) is 0 Å². The van der Waals surface area contributed by atoms with E-state index in [2.05, 4.69) is 120 Å². The molecule has 1 nitrogen and oxygen atoms in total. The zero-order valence-corrected chi connectivity index (χ0v) is 32.3. The molecule has 1 aromatic carbocycles. The Morgan fingerprint density at radius 3 is 1.65 bits per heavy atom. The van der Waals surface area contributed by atoms with Gasteiger partial charge in [0.25, 0.3) is 0 Å². The van der Waals surface area contributed by atoms with Crippen molar-refractivity contribution in [2.45, 2.75) is 129 Å². The van der Waals surface area contributed by atoms with Gasteiger partial charge in [0, 0.05) is 0 Å². The number of hydrogen-bond acceptors (Lipinski definition) is 1. The molecule has 0 bridgehead atoms. The first-order chi connectivity index (χ1) is 16.7. The summed E-state index contributed by atoms with van der Waals surface area (Å²) in [6.07, 6.45) is 2.63. The van der Waals surface area contributed by atoms with Gasteiger partial charge >= 0.3 is 244 Å². The van der Waals surface area contributed by atoms with Crippen molar-refractivity contribution in [3.8, 4) is 5.75 Å². The van der Waals surface area contributed by atoms with Crippen LogP contribution in [-0.4, -0.2) is 31.3 Å². The molecule has 1 aliphatic carbocycles. The Morgan fingerprint density at radius 2 is 1.32 bits per heavy atom. The second-order valence-electron chi connectivity index (χ2n) is 15.6. The van der Waals surface area contributed by atoms with E-state index in [0.717, 1.165) is 0 Å². The van der Waals surface area contributed by atoms with Crippen molar-refractivity contribution in [1.82, 2.24) is 0 Å². The van der Waals surface area contributed by atoms with Gasteiger partial charge in [-0.05, 0) is 0 Å². The molecule has 2 rings (SSSR count). The quantitative estimate of drug-likeness (QED) is 0.247. The molecule has 5 heteroatoms. The van der Waals surface area contributed by atoms with Crippen molar-refractivity contribution in [2.75, 3.05) is 7.11 Å². The molecule has 0 saturated heterocycles. The molecule has 0 N–H and O–H groups in total. The number of benzene rings is 1. The molecule has 1 aliphatic rings. The summed E-state index contributed by atoms with van der Waals surface area (Å²) in [5.74, 6) is 1.22. The predicted octanol–water partition coefficient (Wildman–Crippen LogP) is 10.2. The van der Waals surface area contributed by atoms with Gasteiger partial charge in [0.2, 0.25) is 0 Å². The standard InChI is InChI=1S/C24H37OSi.2C4H11Si.Sc/c1-11-26(12-2,23-18(5)15-17(4)19(23)6)21-14-16(3)13-20(22(21)25-10)24(7,8)9;2*1-5(2,3)4;/h13-15H,11-12H2,1-10H3;2*1H2,2-4H3;. The molecule has 1 atom stereocenters. The predicted molar refractivity (Wildman–Crippen MR) is 174 cm³/mol. The zero-order valence-electron chi connectivity index (χ0n) is 27.5. The molecule has 0 spiro atoms. The fourth-order valence-corrected chi connectivity index (χ4v) is 48.7. The molecule has 0 heterocycles. The normalized spacial score (nSPS) is 19.4. The SMILES string of the molecule is CC[Si](CC)(c1cc(C)cc(C(C)(C)C)c1OC)[C]1([Sc]([CH2][Si](C)(C)C)[CH2][Si](C)(C)C)C(C)=CC(C)=C1C. The maximum absolute atomic E-state index is 6.49. The first kappa shape index (κ1) is 33.2. The summed E-state index contributed by atoms with van der Waals surface area (Å²) in [6.45, 7) is 37.9. The minimum atomic E-state index is -2.10. The van der Waals surface area contributed by atoms with Gasteiger partial charge in [0.15, 0.2) is 0 Å². The number of aryl methyl sites for hydroxylation is 1. The molecular weight excluding hydrogens is 530 g/mol. The van der Waals surface area contributed by atoms with Crippen LogP contribution in [0.15, 0.2) is 34.9 Å². The molecule has 0 aromatic heterocycles. The Bertz CT molecular complexity index is 1030. The second-order valence-corrected chi connectivity index (χ2v) is 39.8. The van der Waals surface area contributed by atoms with Crippen LogP contribution in [0, 0.1) is 6.92 Å². The number of methoxy groups -OCH3 is 1. The summed E-state index contributed by atoms with van der Waals surface area (Å²) in [7, 11) is -2.65. The van der Waals surface area contributed by atoms with Crippen molar-refractivity contribution < 1.29 is 26.2 Å². The summed E-state index contributed by atoms with van der Waals surface area (Å²) >= 11 is -1.94. The molecule has 0 amide bonds. The number of hydrogen-bond donors (Lipinski definition) is 0. The van der Waals surface area contributed by atoms with Gasteiger partial charge in [0.05, 0.1) is 0 Å². The Balaban J connectivity index is 3.17. The van der Waals surface area contributed by atoms with Gasteiger partial charge in [-0.2, -0.15) is 0 Å². The number of rotatable bonds is 10. The van der Waals surface area contributed by atoms with Crippen LogP contribution in [0.4, 0.5) is 0 Å². The average molecular weight is 589 g/mol. The average Bonchev–Trinajstić information content (AvgIpc) is 2.95. The maximum atomic E-state index is 6.49. The van der Waals surface area contributed by atoms with Crippen molar-refractivity contribution in [3.63, 3.8) is 0 Å². The van der Waals surface area contributed by atoms with Crippen LogP contribution < -0.4 is 9.92 Å². The van der Waals surface area contributed by atoms with Crippen LogP contribution in [0.2, 0.25) is 61.8 Å². The summed E-state index contributed by atoms with van der Waals surface area (Å²) in [6, 6.07) is 7.59. The van der Waals surface area contributed by atoms with Crippen LogP contribution in [0.3, 0.4) is 0 Å². The van der Waals surface area contributed by atoms with E-state index in [-0.39, 0.29) is 5.41 Å². The zero-order chi connectivity index (χ0) is 28.8. The van der Waals surface area contributed by atoms with Gasteiger partial charge in [-0.25, -0.2) is 0 Å². The van der Waals surface area contributed by atoms with Crippen LogP contribution >= 0.6 is 0 Å². The summed E-state index contributed by atoms with van der Waals surface area (Å²) in [5, 5.41) is 1.63. The van der Waals surface area contributed by atoms with Crippen LogP contribution in [-0.2, 0) is 26.9 Å². The van der Waals surface area contributed by atoms with Crippen molar-refractivity contribution >= 4 is 29.4 Å². The van der Waals surface area contributed by atoms with Gasteiger partial charge in [-0.3, -0.25) is 0 Å². The fourth-order valence-electron chi connectivity index (χ4n) is 8.07. The van der Waals surface area contributed by atoms with E-state index in [1.807, 2.05) is 7.11 Å². The van der Waals surface area contributed by atoms with E-state index in [1.54, 1.807) is 29.5 Å². The minimum absolute atomic E-state index is 0.0553. The third kappa shape index (κ3) is 6.35. The van der Waals surface area contributed by atoms with Crippen LogP contribution in [0.25, 0.3) is 0 Å². The Morgan fingerprint density at radius 1 is 0.838 bits per heavy atom. The molecule has 1 unspecified atom stereocenters. The Kier molecular flexibility index (Phi) is 10.3. The second kappa shape index (κ2) is 11.5. The molecule has 1 aromatic rings. The first-order valence-electron chi connectivity index (χ1n) is 14.8. The van der Waals surface area contributed by atoms with E-state index < -0.39 is 45.7 Å². The van der Waals surface area contributed by atoms with E-state index in [4.69, 9.17) is 4.74 Å². The van der Waals surface area contributed by atoms with Crippen molar-refractivity contribution in [1.29, 1.82) is 0 Å². The fraction of sp³-hybridized carbons (Fsp3) is 0.688. The van der Waals surface area contributed by atoms with E-state index in [1.165, 1.54) is 29.0 Å². The summed E-state index contributed by atoms with van der Waals surface area (Å²) in [4.78, 5) is 0. The van der Waals surface area contributed by atoms with Crippen molar-refractivity contribution in [3.05, 3.63) is 46.1 Å².